The van der Waals surface area contributed by atoms with Crippen molar-refractivity contribution in [2.24, 2.45) is 0 Å². The Labute approximate surface area is 198 Å². The van der Waals surface area contributed by atoms with Crippen LogP contribution in [0.3, 0.4) is 0 Å². The number of terminal acetylenes is 1. The first-order valence-electron chi connectivity index (χ1n) is 9.70. The fourth-order valence-electron chi connectivity index (χ4n) is 2.68. The van der Waals surface area contributed by atoms with Crippen molar-refractivity contribution in [1.29, 1.82) is 0 Å². The van der Waals surface area contributed by atoms with Gasteiger partial charge in [0, 0.05) is 0 Å². The molecule has 0 radical (unpaired) electrons. The van der Waals surface area contributed by atoms with Gasteiger partial charge in [0.25, 0.3) is 0 Å². The van der Waals surface area contributed by atoms with E-state index in [9.17, 15) is 0 Å². The first kappa shape index (κ1) is 25.4. The second-order valence-corrected chi connectivity index (χ2v) is 12.6. The average Bonchev–Trinajstić information content (AvgIpc) is 3.17. The summed E-state index contributed by atoms with van der Waals surface area (Å²) in [5.41, 5.74) is 2.83. The molecule has 0 saturated carbocycles. The molecule has 0 N–H and O–H groups in total. The maximum atomic E-state index is 5.35. The molecule has 0 spiro atoms. The molecule has 0 fully saturated rings. The lowest BCUT2D eigenvalue weighted by Gasteiger charge is -1.98. The van der Waals surface area contributed by atoms with Gasteiger partial charge in [-0.15, -0.1) is 29.1 Å². The van der Waals surface area contributed by atoms with Crippen LogP contribution in [0, 0.1) is 12.3 Å². The van der Waals surface area contributed by atoms with Crippen LogP contribution in [0.4, 0.5) is 0 Å². The van der Waals surface area contributed by atoms with Gasteiger partial charge >= 0.3 is 0 Å². The van der Waals surface area contributed by atoms with Crippen LogP contribution < -0.4 is 0 Å². The third kappa shape index (κ3) is 10.7. The minimum Gasteiger partial charge on any atom is -0.121 e. The first-order valence-corrected chi connectivity index (χ1v) is 13.7. The van der Waals surface area contributed by atoms with Crippen molar-refractivity contribution < 1.29 is 0 Å². The molecule has 0 saturated heterocycles. The molecule has 27 heavy (non-hydrogen) atoms. The highest BCUT2D eigenvalue weighted by Gasteiger charge is 2.05. The highest BCUT2D eigenvalue weighted by Crippen LogP contribution is 2.32. The monoisotopic (exact) mass is 594 g/mol. The molecule has 150 valence electrons. The van der Waals surface area contributed by atoms with Crippen molar-refractivity contribution in [2.75, 3.05) is 0 Å². The summed E-state index contributed by atoms with van der Waals surface area (Å²) in [6.07, 6.45) is 18.3. The Morgan fingerprint density at radius 2 is 1.30 bits per heavy atom. The maximum absolute atomic E-state index is 5.35. The lowest BCUT2D eigenvalue weighted by molar-refractivity contribution is 0.667. The molecule has 0 aliphatic heterocycles. The number of aryl methyl sites for hydroxylation is 2. The minimum absolute atomic E-state index is 1.03. The van der Waals surface area contributed by atoms with Crippen molar-refractivity contribution in [2.45, 2.75) is 78.1 Å². The second kappa shape index (κ2) is 15.3. The molecule has 0 aliphatic carbocycles. The van der Waals surface area contributed by atoms with E-state index in [1.54, 1.807) is 22.7 Å². The zero-order valence-corrected chi connectivity index (χ0v) is 22.6. The lowest BCUT2D eigenvalue weighted by atomic mass is 10.1. The fraction of sp³-hybridized carbons (Fsp3) is 0.545. The number of rotatable bonds is 10. The lowest BCUT2D eigenvalue weighted by Crippen LogP contribution is -1.83. The zero-order chi connectivity index (χ0) is 20.1. The third-order valence-electron chi connectivity index (χ3n) is 4.23. The SMILES string of the molecule is C#Cc1cc(CCCCCC)c(Br)s1.CCCCCCc1cc(Br)sc1Br. The normalized spacial score (nSPS) is 10.4. The Hall–Kier alpha value is 0.400. The van der Waals surface area contributed by atoms with E-state index in [0.29, 0.717) is 0 Å². The molecular formula is C22H29Br3S2. The average molecular weight is 597 g/mol. The standard InChI is InChI=1S/C12H15BrS.C10H14Br2S/c1-3-5-6-7-8-10-9-11(4-2)14-12(10)13;1-2-3-4-5-6-8-7-9(11)13-10(8)12/h2,9H,3,5-8H2,1H3;7H,2-6H2,1H3. The highest BCUT2D eigenvalue weighted by molar-refractivity contribution is 9.12. The third-order valence-corrected chi connectivity index (χ3v) is 8.58. The van der Waals surface area contributed by atoms with Gasteiger partial charge in [0.05, 0.1) is 16.2 Å². The molecule has 0 nitrogen and oxygen atoms in total. The topological polar surface area (TPSA) is 0 Å². The van der Waals surface area contributed by atoms with Crippen LogP contribution in [0.15, 0.2) is 23.5 Å². The summed E-state index contributed by atoms with van der Waals surface area (Å²) in [5, 5.41) is 0. The van der Waals surface area contributed by atoms with Crippen molar-refractivity contribution in [3.63, 3.8) is 0 Å². The molecule has 5 heteroatoms. The first-order chi connectivity index (χ1) is 13.0. The van der Waals surface area contributed by atoms with E-state index in [0.717, 1.165) is 11.3 Å². The van der Waals surface area contributed by atoms with Crippen molar-refractivity contribution in [3.05, 3.63) is 39.5 Å². The Bertz CT molecular complexity index is 695. The summed E-state index contributed by atoms with van der Waals surface area (Å²) < 4.78 is 3.72. The van der Waals surface area contributed by atoms with Crippen LogP contribution in [0.1, 0.15) is 81.2 Å². The fourth-order valence-corrected chi connectivity index (χ4v) is 7.17. The summed E-state index contributed by atoms with van der Waals surface area (Å²) in [6.45, 7) is 4.48. The van der Waals surface area contributed by atoms with E-state index in [-0.39, 0.29) is 0 Å². The smallest absolute Gasteiger partial charge is 0.0780 e. The number of halogens is 3. The Morgan fingerprint density at radius 1 is 0.778 bits per heavy atom. The van der Waals surface area contributed by atoms with Crippen molar-refractivity contribution in [1.82, 2.24) is 0 Å². The molecule has 0 aliphatic rings. The number of hydrogen-bond donors (Lipinski definition) is 0. The van der Waals surface area contributed by atoms with Crippen LogP contribution >= 0.6 is 70.5 Å². The Morgan fingerprint density at radius 3 is 1.70 bits per heavy atom. The Kier molecular flexibility index (Phi) is 14.4. The van der Waals surface area contributed by atoms with Gasteiger partial charge in [0.1, 0.15) is 0 Å². The molecular weight excluding hydrogens is 568 g/mol. The summed E-state index contributed by atoms with van der Waals surface area (Å²) in [5.74, 6) is 2.68. The highest BCUT2D eigenvalue weighted by atomic mass is 79.9. The summed E-state index contributed by atoms with van der Waals surface area (Å²) in [6, 6.07) is 4.35. The Balaban J connectivity index is 0.000000271. The van der Waals surface area contributed by atoms with Crippen LogP contribution in [-0.4, -0.2) is 0 Å². The number of hydrogen-bond acceptors (Lipinski definition) is 2. The van der Waals surface area contributed by atoms with E-state index in [4.69, 9.17) is 6.42 Å². The summed E-state index contributed by atoms with van der Waals surface area (Å²) in [7, 11) is 0. The van der Waals surface area contributed by atoms with Gasteiger partial charge in [0.15, 0.2) is 0 Å². The molecule has 0 bridgehead atoms. The molecule has 0 atom stereocenters. The molecule has 0 amide bonds. The second-order valence-electron chi connectivity index (χ2n) is 6.52. The van der Waals surface area contributed by atoms with Gasteiger partial charge in [0.2, 0.25) is 0 Å². The van der Waals surface area contributed by atoms with E-state index < -0.39 is 0 Å². The van der Waals surface area contributed by atoms with Crippen molar-refractivity contribution >= 4 is 70.5 Å². The van der Waals surface area contributed by atoms with Gasteiger partial charge in [-0.05, 0) is 96.7 Å². The molecule has 0 unspecified atom stereocenters. The predicted octanol–water partition coefficient (Wildman–Crippen LogP) is 10.0. The molecule has 2 aromatic heterocycles. The van der Waals surface area contributed by atoms with Crippen LogP contribution in [-0.2, 0) is 12.8 Å². The summed E-state index contributed by atoms with van der Waals surface area (Å²) >= 11 is 14.0. The molecule has 2 aromatic rings. The largest absolute Gasteiger partial charge is 0.121 e. The van der Waals surface area contributed by atoms with Gasteiger partial charge in [-0.3, -0.25) is 0 Å². The van der Waals surface area contributed by atoms with Gasteiger partial charge in [-0.1, -0.05) is 58.3 Å². The summed E-state index contributed by atoms with van der Waals surface area (Å²) in [4.78, 5) is 1.03. The van der Waals surface area contributed by atoms with E-state index >= 15 is 0 Å². The molecule has 0 aromatic carbocycles. The number of unbranched alkanes of at least 4 members (excludes halogenated alkanes) is 6. The molecule has 2 heterocycles. The van der Waals surface area contributed by atoms with Crippen LogP contribution in [0.5, 0.6) is 0 Å². The van der Waals surface area contributed by atoms with E-state index in [1.165, 1.54) is 80.3 Å². The van der Waals surface area contributed by atoms with Crippen molar-refractivity contribution in [3.8, 4) is 12.3 Å². The van der Waals surface area contributed by atoms with Crippen LogP contribution in [0.25, 0.3) is 0 Å². The number of thiophene rings is 2. The van der Waals surface area contributed by atoms with Gasteiger partial charge in [-0.25, -0.2) is 0 Å². The minimum atomic E-state index is 1.03. The zero-order valence-electron chi connectivity index (χ0n) is 16.3. The van der Waals surface area contributed by atoms with Gasteiger partial charge < -0.3 is 0 Å². The predicted molar refractivity (Wildman–Crippen MR) is 135 cm³/mol. The van der Waals surface area contributed by atoms with Crippen LogP contribution in [0.2, 0.25) is 0 Å². The van der Waals surface area contributed by atoms with E-state index in [2.05, 4.69) is 79.7 Å². The quantitative estimate of drug-likeness (QED) is 0.189. The van der Waals surface area contributed by atoms with E-state index in [1.807, 2.05) is 0 Å². The molecule has 2 rings (SSSR count). The maximum Gasteiger partial charge on any atom is 0.0780 e. The van der Waals surface area contributed by atoms with Gasteiger partial charge in [-0.2, -0.15) is 0 Å².